The molecule has 2 unspecified atom stereocenters. The molecule has 1 aliphatic rings. The first-order chi connectivity index (χ1) is 15.9. The maximum atomic E-state index is 12.5. The Morgan fingerprint density at radius 3 is 2.36 bits per heavy atom. The molecule has 1 aliphatic heterocycles. The van der Waals surface area contributed by atoms with Crippen LogP contribution in [0.1, 0.15) is 42.6 Å². The molecule has 0 fully saturated rings. The van der Waals surface area contributed by atoms with Gasteiger partial charge in [-0.25, -0.2) is 0 Å². The van der Waals surface area contributed by atoms with Gasteiger partial charge in [-0.1, -0.05) is 47.5 Å². The molecule has 2 atom stereocenters. The number of carbonyl (C=O) groups is 1. The van der Waals surface area contributed by atoms with Crippen LogP contribution in [0.4, 0.5) is 0 Å². The number of methoxy groups -OCH3 is 1. The molecular formula is C26H24Cl2N2O3. The van der Waals surface area contributed by atoms with E-state index in [1.54, 1.807) is 12.0 Å². The summed E-state index contributed by atoms with van der Waals surface area (Å²) < 4.78 is 11.5. The van der Waals surface area contributed by atoms with Gasteiger partial charge in [-0.2, -0.15) is 0 Å². The monoisotopic (exact) mass is 482 g/mol. The van der Waals surface area contributed by atoms with Gasteiger partial charge in [-0.05, 0) is 61.4 Å². The smallest absolute Gasteiger partial charge is 0.215 e. The first-order valence-electron chi connectivity index (χ1n) is 10.6. The van der Waals surface area contributed by atoms with Crippen LogP contribution in [-0.2, 0) is 4.79 Å². The predicted octanol–water partition coefficient (Wildman–Crippen LogP) is 6.49. The van der Waals surface area contributed by atoms with Gasteiger partial charge in [0, 0.05) is 16.1 Å². The SMILES string of the molecule is COc1ccc(C2=NC(c3cccc(Cl)c3)C(c3ccc(Cl)cc3)N2C=O)c(OC(C)C)c1. The average Bonchev–Trinajstić information content (AvgIpc) is 3.18. The first kappa shape index (κ1) is 23.1. The lowest BCUT2D eigenvalue weighted by atomic mass is 9.94. The fraction of sp³-hybridized carbons (Fsp3) is 0.231. The third-order valence-electron chi connectivity index (χ3n) is 5.41. The Hall–Kier alpha value is -3.02. The highest BCUT2D eigenvalue weighted by atomic mass is 35.5. The van der Waals surface area contributed by atoms with Crippen molar-refractivity contribution in [3.63, 3.8) is 0 Å². The molecule has 1 amide bonds. The molecular weight excluding hydrogens is 459 g/mol. The van der Waals surface area contributed by atoms with Crippen LogP contribution >= 0.6 is 23.2 Å². The number of carbonyl (C=O) groups excluding carboxylic acids is 1. The second kappa shape index (κ2) is 9.86. The number of ether oxygens (including phenoxy) is 2. The third kappa shape index (κ3) is 4.85. The maximum absolute atomic E-state index is 12.5. The van der Waals surface area contributed by atoms with Gasteiger partial charge in [0.15, 0.2) is 0 Å². The Morgan fingerprint density at radius 2 is 1.73 bits per heavy atom. The maximum Gasteiger partial charge on any atom is 0.215 e. The molecule has 4 rings (SSSR count). The van der Waals surface area contributed by atoms with Gasteiger partial charge in [-0.3, -0.25) is 14.7 Å². The summed E-state index contributed by atoms with van der Waals surface area (Å²) in [7, 11) is 1.60. The summed E-state index contributed by atoms with van der Waals surface area (Å²) in [5.74, 6) is 1.77. The Bertz CT molecular complexity index is 1180. The van der Waals surface area contributed by atoms with Crippen LogP contribution in [0.2, 0.25) is 10.0 Å². The molecule has 33 heavy (non-hydrogen) atoms. The molecule has 0 aromatic heterocycles. The van der Waals surface area contributed by atoms with Crippen LogP contribution in [0.25, 0.3) is 0 Å². The van der Waals surface area contributed by atoms with E-state index in [-0.39, 0.29) is 18.2 Å². The molecule has 0 bridgehead atoms. The number of halogens is 2. The zero-order valence-corrected chi connectivity index (χ0v) is 20.0. The lowest BCUT2D eigenvalue weighted by Crippen LogP contribution is -2.31. The molecule has 7 heteroatoms. The molecule has 1 heterocycles. The van der Waals surface area contributed by atoms with Gasteiger partial charge in [0.25, 0.3) is 0 Å². The highest BCUT2D eigenvalue weighted by Crippen LogP contribution is 2.44. The minimum atomic E-state index is -0.373. The standard InChI is InChI=1S/C26H24Cl2N2O3/c1-16(2)33-23-14-21(32-3)11-12-22(23)26-29-24(18-5-4-6-20(28)13-18)25(30(26)15-31)17-7-9-19(27)10-8-17/h4-16,24-25H,1-3H3. The summed E-state index contributed by atoms with van der Waals surface area (Å²) >= 11 is 12.4. The van der Waals surface area contributed by atoms with Crippen molar-refractivity contribution in [2.24, 2.45) is 4.99 Å². The number of hydrogen-bond donors (Lipinski definition) is 0. The fourth-order valence-electron chi connectivity index (χ4n) is 3.99. The van der Waals surface area contributed by atoms with E-state index in [0.717, 1.165) is 17.5 Å². The number of aliphatic imine (C=N–C) groups is 1. The van der Waals surface area contributed by atoms with Crippen molar-refractivity contribution < 1.29 is 14.3 Å². The Labute approximate surface area is 203 Å². The van der Waals surface area contributed by atoms with Gasteiger partial charge in [0.2, 0.25) is 6.41 Å². The fourth-order valence-corrected chi connectivity index (χ4v) is 4.32. The van der Waals surface area contributed by atoms with Gasteiger partial charge < -0.3 is 9.47 Å². The largest absolute Gasteiger partial charge is 0.497 e. The molecule has 5 nitrogen and oxygen atoms in total. The van der Waals surface area contributed by atoms with E-state index in [2.05, 4.69) is 0 Å². The summed E-state index contributed by atoms with van der Waals surface area (Å²) in [6, 6.07) is 19.8. The second-order valence-electron chi connectivity index (χ2n) is 7.99. The van der Waals surface area contributed by atoms with Crippen LogP contribution in [0.5, 0.6) is 11.5 Å². The Morgan fingerprint density at radius 1 is 0.970 bits per heavy atom. The van der Waals surface area contributed by atoms with Crippen molar-refractivity contribution >= 4 is 35.4 Å². The molecule has 170 valence electrons. The van der Waals surface area contributed by atoms with Gasteiger partial charge >= 0.3 is 0 Å². The molecule has 3 aromatic rings. The summed E-state index contributed by atoms with van der Waals surface area (Å²) in [6.07, 6.45) is 0.741. The van der Waals surface area contributed by atoms with E-state index in [1.165, 1.54) is 0 Å². The van der Waals surface area contributed by atoms with Crippen molar-refractivity contribution in [2.75, 3.05) is 7.11 Å². The highest BCUT2D eigenvalue weighted by Gasteiger charge is 2.39. The first-order valence-corrected chi connectivity index (χ1v) is 11.3. The van der Waals surface area contributed by atoms with Crippen LogP contribution < -0.4 is 9.47 Å². The molecule has 0 N–H and O–H groups in total. The van der Waals surface area contributed by atoms with E-state index in [4.69, 9.17) is 37.7 Å². The number of rotatable bonds is 7. The van der Waals surface area contributed by atoms with Gasteiger partial charge in [-0.15, -0.1) is 0 Å². The highest BCUT2D eigenvalue weighted by molar-refractivity contribution is 6.30. The van der Waals surface area contributed by atoms with Crippen LogP contribution in [0.15, 0.2) is 71.7 Å². The van der Waals surface area contributed by atoms with Gasteiger partial charge in [0.1, 0.15) is 23.4 Å². The molecule has 3 aromatic carbocycles. The molecule has 0 radical (unpaired) electrons. The third-order valence-corrected chi connectivity index (χ3v) is 5.90. The lowest BCUT2D eigenvalue weighted by molar-refractivity contribution is -0.116. The van der Waals surface area contributed by atoms with Crippen molar-refractivity contribution in [3.8, 4) is 11.5 Å². The van der Waals surface area contributed by atoms with E-state index in [9.17, 15) is 4.79 Å². The van der Waals surface area contributed by atoms with Crippen LogP contribution in [0.3, 0.4) is 0 Å². The van der Waals surface area contributed by atoms with Crippen LogP contribution in [-0.4, -0.2) is 30.4 Å². The summed E-state index contributed by atoms with van der Waals surface area (Å²) in [5.41, 5.74) is 2.53. The van der Waals surface area contributed by atoms with E-state index in [0.29, 0.717) is 32.9 Å². The summed E-state index contributed by atoms with van der Waals surface area (Å²) in [4.78, 5) is 19.1. The topological polar surface area (TPSA) is 51.1 Å². The van der Waals surface area contributed by atoms with Crippen LogP contribution in [0, 0.1) is 0 Å². The summed E-state index contributed by atoms with van der Waals surface area (Å²) in [5, 5.41) is 1.23. The Balaban J connectivity index is 1.88. The number of amidine groups is 1. The van der Waals surface area contributed by atoms with Crippen molar-refractivity contribution in [2.45, 2.75) is 32.0 Å². The number of amides is 1. The lowest BCUT2D eigenvalue weighted by Gasteiger charge is -2.27. The van der Waals surface area contributed by atoms with Gasteiger partial charge in [0.05, 0.1) is 24.8 Å². The molecule has 0 saturated carbocycles. The zero-order valence-electron chi connectivity index (χ0n) is 18.5. The van der Waals surface area contributed by atoms with Crippen molar-refractivity contribution in [1.29, 1.82) is 0 Å². The Kier molecular flexibility index (Phi) is 6.91. The zero-order chi connectivity index (χ0) is 23.5. The minimum absolute atomic E-state index is 0.0710. The minimum Gasteiger partial charge on any atom is -0.497 e. The number of nitrogens with zero attached hydrogens (tertiary/aromatic N) is 2. The second-order valence-corrected chi connectivity index (χ2v) is 8.86. The van der Waals surface area contributed by atoms with E-state index >= 15 is 0 Å². The van der Waals surface area contributed by atoms with Crippen molar-refractivity contribution in [1.82, 2.24) is 4.90 Å². The average molecular weight is 483 g/mol. The normalized spacial score (nSPS) is 17.8. The summed E-state index contributed by atoms with van der Waals surface area (Å²) in [6.45, 7) is 3.89. The van der Waals surface area contributed by atoms with E-state index in [1.807, 2.05) is 80.6 Å². The molecule has 0 saturated heterocycles. The number of benzene rings is 3. The molecule has 0 aliphatic carbocycles. The van der Waals surface area contributed by atoms with E-state index < -0.39 is 0 Å². The van der Waals surface area contributed by atoms with Crippen molar-refractivity contribution in [3.05, 3.63) is 93.5 Å². The predicted molar refractivity (Wildman–Crippen MR) is 132 cm³/mol. The quantitative estimate of drug-likeness (QED) is 0.361. The molecule has 0 spiro atoms. The number of hydrogen-bond acceptors (Lipinski definition) is 4.